The number of aromatic nitrogens is 4. The van der Waals surface area contributed by atoms with Crippen molar-refractivity contribution in [2.75, 3.05) is 18.0 Å². The molecule has 6 nitrogen and oxygen atoms in total. The molecule has 3 aromatic rings. The van der Waals surface area contributed by atoms with E-state index in [9.17, 15) is 0 Å². The molecule has 0 N–H and O–H groups in total. The smallest absolute Gasteiger partial charge is 0.225 e. The van der Waals surface area contributed by atoms with Gasteiger partial charge in [-0.05, 0) is 44.7 Å². The van der Waals surface area contributed by atoms with Crippen LogP contribution in [0.1, 0.15) is 31.2 Å². The summed E-state index contributed by atoms with van der Waals surface area (Å²) in [5.74, 6) is 2.11. The summed E-state index contributed by atoms with van der Waals surface area (Å²) in [5.41, 5.74) is 4.43. The first kappa shape index (κ1) is 16.7. The Labute approximate surface area is 153 Å². The van der Waals surface area contributed by atoms with Gasteiger partial charge in [-0.15, -0.1) is 0 Å². The Morgan fingerprint density at radius 2 is 2.00 bits per heavy atom. The topological polar surface area (TPSA) is 67.9 Å². The summed E-state index contributed by atoms with van der Waals surface area (Å²) in [4.78, 5) is 16.2. The maximum absolute atomic E-state index is 5.47. The standard InChI is InChI=1S/C20H23N5O/c1-13-5-4-8-25(12-13)20-22-11-17(18-9-15(3)24-26-18)19(23-20)16-7-6-14(2)21-10-16/h6-7,9-11,13H,4-5,8,12H2,1-3H3/t13-/m0/s1. The molecule has 26 heavy (non-hydrogen) atoms. The third-order valence-corrected chi connectivity index (χ3v) is 4.79. The molecule has 4 rings (SSSR count). The van der Waals surface area contributed by atoms with Crippen LogP contribution in [0.5, 0.6) is 0 Å². The van der Waals surface area contributed by atoms with Gasteiger partial charge in [0.15, 0.2) is 5.76 Å². The first-order valence-electron chi connectivity index (χ1n) is 9.09. The quantitative estimate of drug-likeness (QED) is 0.711. The lowest BCUT2D eigenvalue weighted by Crippen LogP contribution is -2.35. The van der Waals surface area contributed by atoms with Gasteiger partial charge in [0, 0.05) is 42.8 Å². The molecule has 0 amide bonds. The molecule has 0 aromatic carbocycles. The van der Waals surface area contributed by atoms with E-state index < -0.39 is 0 Å². The molecule has 1 aliphatic rings. The lowest BCUT2D eigenvalue weighted by molar-refractivity contribution is 0.426. The van der Waals surface area contributed by atoms with E-state index in [0.29, 0.717) is 11.7 Å². The van der Waals surface area contributed by atoms with Crippen molar-refractivity contribution in [3.8, 4) is 22.6 Å². The SMILES string of the molecule is Cc1ccc(-c2nc(N3CCC[C@H](C)C3)ncc2-c2cc(C)no2)cn1. The second-order valence-electron chi connectivity index (χ2n) is 7.15. The van der Waals surface area contributed by atoms with Crippen molar-refractivity contribution >= 4 is 5.95 Å². The predicted molar refractivity (Wildman–Crippen MR) is 101 cm³/mol. The van der Waals surface area contributed by atoms with Gasteiger partial charge in [-0.2, -0.15) is 0 Å². The van der Waals surface area contributed by atoms with Crippen LogP contribution >= 0.6 is 0 Å². The van der Waals surface area contributed by atoms with Crippen LogP contribution in [0, 0.1) is 19.8 Å². The molecule has 6 heteroatoms. The van der Waals surface area contributed by atoms with E-state index in [0.717, 1.165) is 47.2 Å². The average Bonchev–Trinajstić information content (AvgIpc) is 3.08. The van der Waals surface area contributed by atoms with Crippen LogP contribution in [-0.4, -0.2) is 33.2 Å². The van der Waals surface area contributed by atoms with Gasteiger partial charge in [0.25, 0.3) is 0 Å². The van der Waals surface area contributed by atoms with Crippen LogP contribution in [0.3, 0.4) is 0 Å². The molecule has 4 heterocycles. The minimum Gasteiger partial charge on any atom is -0.356 e. The maximum atomic E-state index is 5.47. The highest BCUT2D eigenvalue weighted by Crippen LogP contribution is 2.32. The van der Waals surface area contributed by atoms with E-state index in [2.05, 4.69) is 26.9 Å². The van der Waals surface area contributed by atoms with Gasteiger partial charge in [-0.3, -0.25) is 4.98 Å². The number of piperidine rings is 1. The molecular formula is C20H23N5O. The van der Waals surface area contributed by atoms with Crippen LogP contribution in [0.2, 0.25) is 0 Å². The Kier molecular flexibility index (Phi) is 4.41. The molecule has 0 aliphatic carbocycles. The van der Waals surface area contributed by atoms with Crippen molar-refractivity contribution in [1.29, 1.82) is 0 Å². The molecular weight excluding hydrogens is 326 g/mol. The Morgan fingerprint density at radius 3 is 2.69 bits per heavy atom. The van der Waals surface area contributed by atoms with Crippen molar-refractivity contribution in [3.05, 3.63) is 42.0 Å². The number of nitrogens with zero attached hydrogens (tertiary/aromatic N) is 5. The summed E-state index contributed by atoms with van der Waals surface area (Å²) in [6, 6.07) is 5.95. The Hall–Kier alpha value is -2.76. The number of hydrogen-bond donors (Lipinski definition) is 0. The first-order chi connectivity index (χ1) is 12.6. The number of pyridine rings is 1. The monoisotopic (exact) mass is 349 g/mol. The Morgan fingerprint density at radius 1 is 1.12 bits per heavy atom. The highest BCUT2D eigenvalue weighted by molar-refractivity contribution is 5.78. The second-order valence-corrected chi connectivity index (χ2v) is 7.15. The van der Waals surface area contributed by atoms with E-state index in [-0.39, 0.29) is 0 Å². The summed E-state index contributed by atoms with van der Waals surface area (Å²) in [6.45, 7) is 8.15. The zero-order chi connectivity index (χ0) is 18.1. The zero-order valence-electron chi connectivity index (χ0n) is 15.4. The van der Waals surface area contributed by atoms with Gasteiger partial charge in [-0.25, -0.2) is 9.97 Å². The highest BCUT2D eigenvalue weighted by atomic mass is 16.5. The van der Waals surface area contributed by atoms with Crippen molar-refractivity contribution in [2.45, 2.75) is 33.6 Å². The molecule has 0 saturated carbocycles. The first-order valence-corrected chi connectivity index (χ1v) is 9.09. The van der Waals surface area contributed by atoms with E-state index in [1.807, 2.05) is 44.4 Å². The summed E-state index contributed by atoms with van der Waals surface area (Å²) >= 11 is 0. The molecule has 0 unspecified atom stereocenters. The normalized spacial score (nSPS) is 17.5. The Balaban J connectivity index is 1.80. The molecule has 0 bridgehead atoms. The number of aryl methyl sites for hydroxylation is 2. The molecule has 1 aliphatic heterocycles. The van der Waals surface area contributed by atoms with Gasteiger partial charge < -0.3 is 9.42 Å². The molecule has 0 radical (unpaired) electrons. The van der Waals surface area contributed by atoms with Gasteiger partial charge in [-0.1, -0.05) is 12.1 Å². The fraction of sp³-hybridized carbons (Fsp3) is 0.400. The fourth-order valence-electron chi connectivity index (χ4n) is 3.39. The average molecular weight is 349 g/mol. The third-order valence-electron chi connectivity index (χ3n) is 4.79. The van der Waals surface area contributed by atoms with E-state index in [1.165, 1.54) is 12.8 Å². The van der Waals surface area contributed by atoms with Gasteiger partial charge >= 0.3 is 0 Å². The largest absolute Gasteiger partial charge is 0.356 e. The Bertz CT molecular complexity index is 903. The fourth-order valence-corrected chi connectivity index (χ4v) is 3.39. The summed E-state index contributed by atoms with van der Waals surface area (Å²) in [6.07, 6.45) is 6.14. The van der Waals surface area contributed by atoms with E-state index >= 15 is 0 Å². The molecule has 1 fully saturated rings. The number of hydrogen-bond acceptors (Lipinski definition) is 6. The molecule has 3 aromatic heterocycles. The minimum atomic E-state index is 0.661. The van der Waals surface area contributed by atoms with Crippen LogP contribution in [-0.2, 0) is 0 Å². The zero-order valence-corrected chi connectivity index (χ0v) is 15.4. The third kappa shape index (κ3) is 3.31. The maximum Gasteiger partial charge on any atom is 0.225 e. The van der Waals surface area contributed by atoms with Gasteiger partial charge in [0.2, 0.25) is 5.95 Å². The van der Waals surface area contributed by atoms with Crippen molar-refractivity contribution < 1.29 is 4.52 Å². The highest BCUT2D eigenvalue weighted by Gasteiger charge is 2.21. The van der Waals surface area contributed by atoms with Crippen LogP contribution in [0.25, 0.3) is 22.6 Å². The van der Waals surface area contributed by atoms with Crippen LogP contribution in [0.15, 0.2) is 35.1 Å². The lowest BCUT2D eigenvalue weighted by atomic mass is 10.0. The van der Waals surface area contributed by atoms with Crippen molar-refractivity contribution in [3.63, 3.8) is 0 Å². The van der Waals surface area contributed by atoms with Gasteiger partial charge in [0.1, 0.15) is 0 Å². The van der Waals surface area contributed by atoms with Crippen molar-refractivity contribution in [1.82, 2.24) is 20.1 Å². The minimum absolute atomic E-state index is 0.661. The second kappa shape index (κ2) is 6.86. The predicted octanol–water partition coefficient (Wildman–Crippen LogP) is 4.05. The molecule has 1 saturated heterocycles. The number of rotatable bonds is 3. The summed E-state index contributed by atoms with van der Waals surface area (Å²) in [5, 5.41) is 4.01. The lowest BCUT2D eigenvalue weighted by Gasteiger charge is -2.31. The summed E-state index contributed by atoms with van der Waals surface area (Å²) < 4.78 is 5.47. The van der Waals surface area contributed by atoms with E-state index in [4.69, 9.17) is 9.51 Å². The molecule has 0 spiro atoms. The molecule has 134 valence electrons. The van der Waals surface area contributed by atoms with E-state index in [1.54, 1.807) is 0 Å². The van der Waals surface area contributed by atoms with Gasteiger partial charge in [0.05, 0.1) is 17.0 Å². The molecule has 1 atom stereocenters. The number of anilines is 1. The van der Waals surface area contributed by atoms with Crippen molar-refractivity contribution in [2.24, 2.45) is 5.92 Å². The van der Waals surface area contributed by atoms with Crippen LogP contribution < -0.4 is 4.90 Å². The van der Waals surface area contributed by atoms with Crippen LogP contribution in [0.4, 0.5) is 5.95 Å². The summed E-state index contributed by atoms with van der Waals surface area (Å²) in [7, 11) is 0.